The first-order valence-corrected chi connectivity index (χ1v) is 15.8. The Kier molecular flexibility index (Phi) is 8.80. The molecule has 1 aromatic heterocycles. The first kappa shape index (κ1) is 31.2. The van der Waals surface area contributed by atoms with Crippen LogP contribution >= 0.6 is 36.4 Å². The number of ketones is 1. The minimum Gasteiger partial charge on any atom is -0.507 e. The second kappa shape index (κ2) is 12.4. The molecular formula is C33H25ClN2O5S3. The number of sulfone groups is 1. The van der Waals surface area contributed by atoms with Crippen LogP contribution in [0.3, 0.4) is 0 Å². The second-order valence-corrected chi connectivity index (χ2v) is 13.5. The molecule has 5 aromatic rings. The Morgan fingerprint density at radius 2 is 1.59 bits per heavy atom. The molecule has 11 heteroatoms. The molecular weight excluding hydrogens is 636 g/mol. The van der Waals surface area contributed by atoms with Crippen LogP contribution in [0.15, 0.2) is 124 Å². The molecule has 7 nitrogen and oxygen atoms in total. The molecule has 222 valence electrons. The minimum atomic E-state index is -3.93. The third-order valence-electron chi connectivity index (χ3n) is 7.12. The van der Waals surface area contributed by atoms with Gasteiger partial charge in [-0.15, -0.1) is 0 Å². The van der Waals surface area contributed by atoms with Crippen molar-refractivity contribution >= 4 is 68.9 Å². The van der Waals surface area contributed by atoms with Crippen molar-refractivity contribution in [3.05, 3.63) is 137 Å². The van der Waals surface area contributed by atoms with E-state index in [-0.39, 0.29) is 39.1 Å². The van der Waals surface area contributed by atoms with Crippen LogP contribution in [0, 0.1) is 6.92 Å². The highest BCUT2D eigenvalue weighted by Gasteiger charge is 2.48. The maximum atomic E-state index is 13.7. The van der Waals surface area contributed by atoms with Gasteiger partial charge in [0.25, 0.3) is 5.78 Å². The predicted octanol–water partition coefficient (Wildman–Crippen LogP) is 7.34. The number of aliphatic hydroxyl groups excluding tert-OH is 1. The number of aryl methyl sites for hydroxylation is 1. The van der Waals surface area contributed by atoms with Crippen molar-refractivity contribution in [2.24, 2.45) is 0 Å². The zero-order chi connectivity index (χ0) is 30.3. The van der Waals surface area contributed by atoms with Gasteiger partial charge in [-0.1, -0.05) is 107 Å². The van der Waals surface area contributed by atoms with Gasteiger partial charge in [-0.25, -0.2) is 13.4 Å². The number of benzene rings is 4. The molecule has 1 aliphatic rings. The molecule has 1 saturated heterocycles. The molecule has 2 heterocycles. The summed E-state index contributed by atoms with van der Waals surface area (Å²) in [7, 11) is -3.93. The summed E-state index contributed by atoms with van der Waals surface area (Å²) in [4.78, 5) is 32.9. The highest BCUT2D eigenvalue weighted by Crippen LogP contribution is 2.45. The summed E-state index contributed by atoms with van der Waals surface area (Å²) < 4.78 is 26.5. The molecule has 1 N–H and O–H groups in total. The van der Waals surface area contributed by atoms with E-state index in [9.17, 15) is 23.1 Å². The largest absolute Gasteiger partial charge is 0.507 e. The van der Waals surface area contributed by atoms with Gasteiger partial charge in [0.1, 0.15) is 9.97 Å². The maximum absolute atomic E-state index is 13.7. The lowest BCUT2D eigenvalue weighted by atomic mass is 9.91. The lowest BCUT2D eigenvalue weighted by molar-refractivity contribution is -0.132. The second-order valence-electron chi connectivity index (χ2n) is 9.92. The Morgan fingerprint density at radius 1 is 0.909 bits per heavy atom. The van der Waals surface area contributed by atoms with Crippen LogP contribution in [0.2, 0.25) is 5.02 Å². The third kappa shape index (κ3) is 5.57. The standard InChI is InChI=1S/C33H23ClN2O5S2.H2S/c1-20-15-16-25(26(17-20)21-9-4-2-5-10-21)30(37)28-29(22-11-8-12-23(34)18-22)36(32(39)31(28)38)33-35-19-27(42-33)43(40,41)24-13-6-3-7-14-24;/h2-19,29,37H,1H3;1H2. The molecule has 44 heavy (non-hydrogen) atoms. The lowest BCUT2D eigenvalue weighted by Crippen LogP contribution is -2.29. The predicted molar refractivity (Wildman–Crippen MR) is 177 cm³/mol. The number of carbonyl (C=O) groups excluding carboxylic acids is 2. The number of carbonyl (C=O) groups is 2. The fourth-order valence-electron chi connectivity index (χ4n) is 5.09. The molecule has 1 aliphatic heterocycles. The number of halogens is 1. The van der Waals surface area contributed by atoms with Crippen molar-refractivity contribution in [2.45, 2.75) is 22.1 Å². The Morgan fingerprint density at radius 3 is 2.27 bits per heavy atom. The highest BCUT2D eigenvalue weighted by atomic mass is 35.5. The van der Waals surface area contributed by atoms with Crippen LogP contribution < -0.4 is 4.90 Å². The van der Waals surface area contributed by atoms with Gasteiger partial charge in [-0.05, 0) is 47.9 Å². The van der Waals surface area contributed by atoms with E-state index in [1.807, 2.05) is 49.4 Å². The fraction of sp³-hybridized carbons (Fsp3) is 0.0606. The zero-order valence-electron chi connectivity index (χ0n) is 23.1. The van der Waals surface area contributed by atoms with Gasteiger partial charge in [-0.2, -0.15) is 13.5 Å². The Balaban J connectivity index is 0.00000384. The zero-order valence-corrected chi connectivity index (χ0v) is 26.5. The molecule has 1 amide bonds. The van der Waals surface area contributed by atoms with Crippen LogP contribution in [0.1, 0.15) is 22.7 Å². The number of hydrogen-bond acceptors (Lipinski definition) is 7. The van der Waals surface area contributed by atoms with Crippen LogP contribution in [-0.4, -0.2) is 30.2 Å². The quantitative estimate of drug-likeness (QED) is 0.116. The number of hydrogen-bond donors (Lipinski definition) is 1. The van der Waals surface area contributed by atoms with E-state index in [4.69, 9.17) is 11.6 Å². The van der Waals surface area contributed by atoms with Crippen molar-refractivity contribution in [3.8, 4) is 11.1 Å². The summed E-state index contributed by atoms with van der Waals surface area (Å²) in [6, 6.07) is 28.2. The summed E-state index contributed by atoms with van der Waals surface area (Å²) in [6.45, 7) is 1.92. The summed E-state index contributed by atoms with van der Waals surface area (Å²) in [5.41, 5.74) is 3.10. The number of rotatable bonds is 6. The van der Waals surface area contributed by atoms with E-state index < -0.39 is 27.6 Å². The van der Waals surface area contributed by atoms with E-state index >= 15 is 0 Å². The van der Waals surface area contributed by atoms with Gasteiger partial charge in [0.15, 0.2) is 5.13 Å². The SMILES string of the molecule is Cc1ccc(C(O)=C2C(=O)C(=O)N(c3ncc(S(=O)(=O)c4ccccc4)s3)C2c2cccc(Cl)c2)c(-c2ccccc2)c1.S. The Labute approximate surface area is 270 Å². The van der Waals surface area contributed by atoms with Crippen molar-refractivity contribution in [1.29, 1.82) is 0 Å². The van der Waals surface area contributed by atoms with Crippen molar-refractivity contribution in [1.82, 2.24) is 4.98 Å². The van der Waals surface area contributed by atoms with E-state index in [1.165, 1.54) is 18.3 Å². The van der Waals surface area contributed by atoms with Crippen LogP contribution in [0.25, 0.3) is 16.9 Å². The fourth-order valence-corrected chi connectivity index (χ4v) is 7.86. The summed E-state index contributed by atoms with van der Waals surface area (Å²) >= 11 is 7.10. The first-order chi connectivity index (χ1) is 20.7. The Bertz CT molecular complexity index is 2030. The number of nitrogens with zero attached hydrogens (tertiary/aromatic N) is 2. The monoisotopic (exact) mass is 660 g/mol. The molecule has 4 aromatic carbocycles. The molecule has 6 rings (SSSR count). The Hall–Kier alpha value is -4.22. The number of thiazole rings is 1. The molecule has 1 unspecified atom stereocenters. The van der Waals surface area contributed by atoms with Crippen LogP contribution in [0.4, 0.5) is 5.13 Å². The van der Waals surface area contributed by atoms with E-state index in [0.717, 1.165) is 27.4 Å². The summed E-state index contributed by atoms with van der Waals surface area (Å²) in [6.07, 6.45) is 1.17. The van der Waals surface area contributed by atoms with Crippen LogP contribution in [0.5, 0.6) is 0 Å². The van der Waals surface area contributed by atoms with E-state index in [0.29, 0.717) is 21.7 Å². The van der Waals surface area contributed by atoms with E-state index in [2.05, 4.69) is 4.98 Å². The van der Waals surface area contributed by atoms with Gasteiger partial charge in [0.2, 0.25) is 9.84 Å². The smallest absolute Gasteiger partial charge is 0.301 e. The van der Waals surface area contributed by atoms with Gasteiger partial charge in [-0.3, -0.25) is 14.5 Å². The van der Waals surface area contributed by atoms with E-state index in [1.54, 1.807) is 48.5 Å². The highest BCUT2D eigenvalue weighted by molar-refractivity contribution is 7.93. The molecule has 0 aliphatic carbocycles. The molecule has 0 spiro atoms. The molecule has 0 radical (unpaired) electrons. The lowest BCUT2D eigenvalue weighted by Gasteiger charge is -2.23. The van der Waals surface area contributed by atoms with Gasteiger partial charge < -0.3 is 5.11 Å². The molecule has 1 atom stereocenters. The number of aromatic nitrogens is 1. The topological polar surface area (TPSA) is 105 Å². The summed E-state index contributed by atoms with van der Waals surface area (Å²) in [5, 5.41) is 12.2. The maximum Gasteiger partial charge on any atom is 0.301 e. The normalized spacial score (nSPS) is 16.1. The number of anilines is 1. The van der Waals surface area contributed by atoms with Crippen molar-refractivity contribution in [3.63, 3.8) is 0 Å². The third-order valence-corrected chi connectivity index (χ3v) is 10.6. The number of aliphatic hydroxyl groups is 1. The van der Waals surface area contributed by atoms with Gasteiger partial charge >= 0.3 is 5.91 Å². The molecule has 0 bridgehead atoms. The van der Waals surface area contributed by atoms with Crippen molar-refractivity contribution < 1.29 is 23.1 Å². The van der Waals surface area contributed by atoms with Crippen LogP contribution in [-0.2, 0) is 19.4 Å². The number of Topliss-reactive ketones (excluding diaryl/α,β-unsaturated/α-hetero) is 1. The number of amides is 1. The first-order valence-electron chi connectivity index (χ1n) is 13.2. The van der Waals surface area contributed by atoms with Gasteiger partial charge in [0.05, 0.1) is 22.7 Å². The minimum absolute atomic E-state index is 0. The van der Waals surface area contributed by atoms with Gasteiger partial charge in [0, 0.05) is 10.6 Å². The van der Waals surface area contributed by atoms with Crippen molar-refractivity contribution in [2.75, 3.05) is 4.90 Å². The average Bonchev–Trinajstić information content (AvgIpc) is 3.61. The molecule has 1 fully saturated rings. The summed E-state index contributed by atoms with van der Waals surface area (Å²) in [5.74, 6) is -2.24. The molecule has 0 saturated carbocycles. The average molecular weight is 661 g/mol.